The van der Waals surface area contributed by atoms with Gasteiger partial charge in [-0.15, -0.1) is 0 Å². The molecule has 6 heteroatoms. The maximum absolute atomic E-state index is 12.9. The Morgan fingerprint density at radius 3 is 2.48 bits per heavy atom. The zero-order chi connectivity index (χ0) is 16.1. The molecule has 0 spiro atoms. The minimum absolute atomic E-state index is 0.144. The first-order valence-electron chi connectivity index (χ1n) is 6.82. The Balaban J connectivity index is 1.82. The van der Waals surface area contributed by atoms with E-state index in [-0.39, 0.29) is 23.2 Å². The Bertz CT molecular complexity index is 808. The standard InChI is InChI=1S/C17H12FN3O2/c18-12-3-5-14(6-4-12)23-17-15(2-1-9-20-17)16(22)21-13-7-10-19-11-8-13/h1-11H,(H,19,21,22). The second-order valence-corrected chi connectivity index (χ2v) is 4.60. The SMILES string of the molecule is O=C(Nc1ccncc1)c1cccnc1Oc1ccc(F)cc1. The van der Waals surface area contributed by atoms with E-state index in [0.29, 0.717) is 11.4 Å². The van der Waals surface area contributed by atoms with E-state index in [4.69, 9.17) is 4.74 Å². The van der Waals surface area contributed by atoms with Gasteiger partial charge in [-0.05, 0) is 48.5 Å². The fourth-order valence-electron chi connectivity index (χ4n) is 1.89. The van der Waals surface area contributed by atoms with Gasteiger partial charge in [-0.2, -0.15) is 0 Å². The van der Waals surface area contributed by atoms with Crippen LogP contribution in [0, 0.1) is 5.82 Å². The van der Waals surface area contributed by atoms with E-state index in [1.165, 1.54) is 30.5 Å². The topological polar surface area (TPSA) is 64.1 Å². The lowest BCUT2D eigenvalue weighted by Crippen LogP contribution is -2.13. The molecule has 0 aliphatic rings. The number of ether oxygens (including phenoxy) is 1. The van der Waals surface area contributed by atoms with E-state index in [0.717, 1.165) is 0 Å². The molecule has 2 aromatic heterocycles. The van der Waals surface area contributed by atoms with Crippen molar-refractivity contribution in [1.29, 1.82) is 0 Å². The highest BCUT2D eigenvalue weighted by Gasteiger charge is 2.14. The second-order valence-electron chi connectivity index (χ2n) is 4.60. The molecule has 1 N–H and O–H groups in total. The predicted octanol–water partition coefficient (Wildman–Crippen LogP) is 3.66. The molecule has 0 saturated heterocycles. The number of hydrogen-bond acceptors (Lipinski definition) is 4. The van der Waals surface area contributed by atoms with Gasteiger partial charge in [0.05, 0.1) is 0 Å². The lowest BCUT2D eigenvalue weighted by Gasteiger charge is -2.10. The molecule has 0 fully saturated rings. The Morgan fingerprint density at radius 1 is 1.00 bits per heavy atom. The number of halogens is 1. The average Bonchev–Trinajstić information content (AvgIpc) is 2.58. The molecule has 0 unspecified atom stereocenters. The van der Waals surface area contributed by atoms with Crippen LogP contribution >= 0.6 is 0 Å². The number of anilines is 1. The summed E-state index contributed by atoms with van der Waals surface area (Å²) in [4.78, 5) is 20.3. The minimum Gasteiger partial charge on any atom is -0.438 e. The van der Waals surface area contributed by atoms with E-state index in [9.17, 15) is 9.18 Å². The maximum Gasteiger partial charge on any atom is 0.261 e. The maximum atomic E-state index is 12.9. The van der Waals surface area contributed by atoms with Crippen LogP contribution in [0.4, 0.5) is 10.1 Å². The van der Waals surface area contributed by atoms with Crippen LogP contribution in [0.25, 0.3) is 0 Å². The Morgan fingerprint density at radius 2 is 1.74 bits per heavy atom. The number of hydrogen-bond donors (Lipinski definition) is 1. The predicted molar refractivity (Wildman–Crippen MR) is 82.9 cm³/mol. The summed E-state index contributed by atoms with van der Waals surface area (Å²) in [5.41, 5.74) is 0.884. The quantitative estimate of drug-likeness (QED) is 0.799. The molecule has 0 bridgehead atoms. The van der Waals surface area contributed by atoms with Crippen molar-refractivity contribution in [3.63, 3.8) is 0 Å². The number of carbonyl (C=O) groups is 1. The van der Waals surface area contributed by atoms with Gasteiger partial charge in [0.1, 0.15) is 17.1 Å². The fourth-order valence-corrected chi connectivity index (χ4v) is 1.89. The summed E-state index contributed by atoms with van der Waals surface area (Å²) in [6, 6.07) is 12.1. The molecule has 3 aromatic rings. The van der Waals surface area contributed by atoms with Gasteiger partial charge in [-0.1, -0.05) is 0 Å². The molecule has 3 rings (SSSR count). The first-order chi connectivity index (χ1) is 11.2. The summed E-state index contributed by atoms with van der Waals surface area (Å²) in [5, 5.41) is 2.73. The monoisotopic (exact) mass is 309 g/mol. The number of benzene rings is 1. The van der Waals surface area contributed by atoms with Gasteiger partial charge >= 0.3 is 0 Å². The number of rotatable bonds is 4. The van der Waals surface area contributed by atoms with Crippen molar-refractivity contribution in [2.75, 3.05) is 5.32 Å². The third-order valence-corrected chi connectivity index (χ3v) is 2.98. The smallest absolute Gasteiger partial charge is 0.261 e. The third kappa shape index (κ3) is 3.68. The van der Waals surface area contributed by atoms with Crippen molar-refractivity contribution in [2.24, 2.45) is 0 Å². The number of nitrogens with zero attached hydrogens (tertiary/aromatic N) is 2. The van der Waals surface area contributed by atoms with Crippen molar-refractivity contribution >= 4 is 11.6 Å². The lowest BCUT2D eigenvalue weighted by molar-refractivity contribution is 0.102. The van der Waals surface area contributed by atoms with Gasteiger partial charge in [-0.25, -0.2) is 9.37 Å². The molecule has 0 atom stereocenters. The van der Waals surface area contributed by atoms with E-state index < -0.39 is 0 Å². The van der Waals surface area contributed by atoms with Gasteiger partial charge in [0.2, 0.25) is 5.88 Å². The van der Waals surface area contributed by atoms with Crippen molar-refractivity contribution < 1.29 is 13.9 Å². The Labute approximate surface area is 131 Å². The zero-order valence-electron chi connectivity index (χ0n) is 11.9. The van der Waals surface area contributed by atoms with Crippen molar-refractivity contribution in [2.45, 2.75) is 0 Å². The normalized spacial score (nSPS) is 10.1. The summed E-state index contributed by atoms with van der Waals surface area (Å²) in [6.07, 6.45) is 4.67. The van der Waals surface area contributed by atoms with Gasteiger partial charge < -0.3 is 10.1 Å². The molecule has 0 radical (unpaired) electrons. The number of carbonyl (C=O) groups excluding carboxylic acids is 1. The van der Waals surface area contributed by atoms with E-state index >= 15 is 0 Å². The second kappa shape index (κ2) is 6.65. The van der Waals surface area contributed by atoms with Crippen LogP contribution in [0.2, 0.25) is 0 Å². The molecule has 0 aliphatic carbocycles. The van der Waals surface area contributed by atoms with Crippen molar-refractivity contribution in [1.82, 2.24) is 9.97 Å². The summed E-state index contributed by atoms with van der Waals surface area (Å²) in [7, 11) is 0. The van der Waals surface area contributed by atoms with E-state index in [1.807, 2.05) is 0 Å². The Kier molecular flexibility index (Phi) is 4.24. The van der Waals surface area contributed by atoms with Crippen LogP contribution in [0.5, 0.6) is 11.6 Å². The first-order valence-corrected chi connectivity index (χ1v) is 6.82. The molecule has 1 aromatic carbocycles. The fraction of sp³-hybridized carbons (Fsp3) is 0. The zero-order valence-corrected chi connectivity index (χ0v) is 11.9. The molecule has 2 heterocycles. The highest BCUT2D eigenvalue weighted by Crippen LogP contribution is 2.23. The summed E-state index contributed by atoms with van der Waals surface area (Å²) in [5.74, 6) is -0.191. The molecular formula is C17H12FN3O2. The van der Waals surface area contributed by atoms with Gasteiger partial charge in [0.25, 0.3) is 5.91 Å². The third-order valence-electron chi connectivity index (χ3n) is 2.98. The molecule has 0 saturated carbocycles. The molecule has 114 valence electrons. The lowest BCUT2D eigenvalue weighted by atomic mass is 10.2. The number of amides is 1. The largest absolute Gasteiger partial charge is 0.438 e. The van der Waals surface area contributed by atoms with Crippen LogP contribution in [-0.4, -0.2) is 15.9 Å². The molecule has 23 heavy (non-hydrogen) atoms. The molecular weight excluding hydrogens is 297 g/mol. The number of pyridine rings is 2. The number of nitrogens with one attached hydrogen (secondary N) is 1. The summed E-state index contributed by atoms with van der Waals surface area (Å²) < 4.78 is 18.5. The Hall–Kier alpha value is -3.28. The van der Waals surface area contributed by atoms with Gasteiger partial charge in [-0.3, -0.25) is 9.78 Å². The molecule has 0 aliphatic heterocycles. The molecule has 5 nitrogen and oxygen atoms in total. The summed E-state index contributed by atoms with van der Waals surface area (Å²) in [6.45, 7) is 0. The van der Waals surface area contributed by atoms with E-state index in [1.54, 1.807) is 36.7 Å². The van der Waals surface area contributed by atoms with Crippen molar-refractivity contribution in [3.05, 3.63) is 78.5 Å². The van der Waals surface area contributed by atoms with Crippen LogP contribution in [0.15, 0.2) is 67.1 Å². The van der Waals surface area contributed by atoms with Crippen LogP contribution in [0.3, 0.4) is 0 Å². The van der Waals surface area contributed by atoms with Gasteiger partial charge in [0, 0.05) is 24.3 Å². The highest BCUT2D eigenvalue weighted by atomic mass is 19.1. The average molecular weight is 309 g/mol. The van der Waals surface area contributed by atoms with Crippen LogP contribution in [-0.2, 0) is 0 Å². The van der Waals surface area contributed by atoms with Crippen LogP contribution in [0.1, 0.15) is 10.4 Å². The molecule has 1 amide bonds. The summed E-state index contributed by atoms with van der Waals surface area (Å²) >= 11 is 0. The van der Waals surface area contributed by atoms with Gasteiger partial charge in [0.15, 0.2) is 0 Å². The first kappa shape index (κ1) is 14.6. The highest BCUT2D eigenvalue weighted by molar-refractivity contribution is 6.05. The van der Waals surface area contributed by atoms with E-state index in [2.05, 4.69) is 15.3 Å². The minimum atomic E-state index is -0.367. The number of aromatic nitrogens is 2. The van der Waals surface area contributed by atoms with Crippen molar-refractivity contribution in [3.8, 4) is 11.6 Å². The van der Waals surface area contributed by atoms with Crippen LogP contribution < -0.4 is 10.1 Å².